The van der Waals surface area contributed by atoms with Crippen molar-refractivity contribution in [1.82, 2.24) is 15.3 Å². The second kappa shape index (κ2) is 7.67. The van der Waals surface area contributed by atoms with Crippen molar-refractivity contribution in [1.29, 1.82) is 0 Å². The average Bonchev–Trinajstić information content (AvgIpc) is 3.31. The van der Waals surface area contributed by atoms with E-state index in [4.69, 9.17) is 11.6 Å². The first-order chi connectivity index (χ1) is 14.2. The fraction of sp³-hybridized carbons (Fsp3) is 0.238. The number of thiazole rings is 1. The molecule has 2 aromatic heterocycles. The van der Waals surface area contributed by atoms with Crippen molar-refractivity contribution in [2.24, 2.45) is 0 Å². The number of rotatable bonds is 4. The summed E-state index contributed by atoms with van der Waals surface area (Å²) in [6.45, 7) is 4.01. The summed E-state index contributed by atoms with van der Waals surface area (Å²) in [5, 5.41) is 8.57. The van der Waals surface area contributed by atoms with Crippen molar-refractivity contribution in [2.45, 2.75) is 6.42 Å². The number of carbonyl (C=O) groups excluding carboxylic acids is 1. The van der Waals surface area contributed by atoms with Gasteiger partial charge in [-0.15, -0.1) is 0 Å². The maximum Gasteiger partial charge on any atom is 0.230 e. The molecule has 6 nitrogen and oxygen atoms in total. The molecule has 1 aliphatic heterocycles. The number of amides is 1. The van der Waals surface area contributed by atoms with Crippen molar-refractivity contribution in [3.63, 3.8) is 0 Å². The summed E-state index contributed by atoms with van der Waals surface area (Å²) in [5.74, 6) is -0.0905. The summed E-state index contributed by atoms with van der Waals surface area (Å²) >= 11 is 7.61. The third-order valence-corrected chi connectivity index (χ3v) is 6.35. The van der Waals surface area contributed by atoms with Gasteiger partial charge in [0.1, 0.15) is 0 Å². The highest BCUT2D eigenvalue weighted by atomic mass is 35.5. The van der Waals surface area contributed by atoms with E-state index in [0.717, 1.165) is 52.9 Å². The lowest BCUT2D eigenvalue weighted by Gasteiger charge is -2.29. The highest BCUT2D eigenvalue weighted by Gasteiger charge is 2.14. The van der Waals surface area contributed by atoms with E-state index in [1.165, 1.54) is 17.0 Å². The van der Waals surface area contributed by atoms with Gasteiger partial charge in [-0.25, -0.2) is 4.98 Å². The predicted octanol–water partition coefficient (Wildman–Crippen LogP) is 4.02. The third kappa shape index (κ3) is 3.81. The van der Waals surface area contributed by atoms with Crippen molar-refractivity contribution < 1.29 is 4.79 Å². The first kappa shape index (κ1) is 18.4. The van der Waals surface area contributed by atoms with E-state index in [1.807, 2.05) is 30.5 Å². The number of nitrogens with one attached hydrogen (secondary N) is 3. The first-order valence-corrected chi connectivity index (χ1v) is 10.8. The quantitative estimate of drug-likeness (QED) is 0.461. The topological polar surface area (TPSA) is 73.0 Å². The second-order valence-corrected chi connectivity index (χ2v) is 8.60. The molecule has 0 radical (unpaired) electrons. The summed E-state index contributed by atoms with van der Waals surface area (Å²) in [7, 11) is 0. The molecule has 148 valence electrons. The van der Waals surface area contributed by atoms with E-state index >= 15 is 0 Å². The monoisotopic (exact) mass is 425 g/mol. The molecule has 0 saturated carbocycles. The molecule has 2 aromatic carbocycles. The maximum absolute atomic E-state index is 12.6. The molecule has 1 fully saturated rings. The molecule has 0 bridgehead atoms. The molecule has 29 heavy (non-hydrogen) atoms. The molecule has 4 aromatic rings. The third-order valence-electron chi connectivity index (χ3n) is 5.18. The average molecular weight is 426 g/mol. The lowest BCUT2D eigenvalue weighted by Crippen LogP contribution is -2.43. The molecule has 0 spiro atoms. The van der Waals surface area contributed by atoms with E-state index in [1.54, 1.807) is 0 Å². The minimum absolute atomic E-state index is 0.0905. The van der Waals surface area contributed by atoms with Gasteiger partial charge < -0.3 is 20.5 Å². The van der Waals surface area contributed by atoms with Crippen LogP contribution >= 0.6 is 22.9 Å². The number of hydrogen-bond donors (Lipinski definition) is 3. The van der Waals surface area contributed by atoms with Crippen LogP contribution in [0.4, 0.5) is 10.8 Å². The highest BCUT2D eigenvalue weighted by Crippen LogP contribution is 2.30. The fourth-order valence-corrected chi connectivity index (χ4v) is 4.81. The number of nitrogens with zero attached hydrogens (tertiary/aromatic N) is 2. The second-order valence-electron chi connectivity index (χ2n) is 7.14. The summed E-state index contributed by atoms with van der Waals surface area (Å²) in [5.41, 5.74) is 4.00. The fourth-order valence-electron chi connectivity index (χ4n) is 3.72. The van der Waals surface area contributed by atoms with Gasteiger partial charge in [0, 0.05) is 54.0 Å². The van der Waals surface area contributed by atoms with Crippen molar-refractivity contribution in [2.75, 3.05) is 36.4 Å². The van der Waals surface area contributed by atoms with E-state index in [9.17, 15) is 4.79 Å². The van der Waals surface area contributed by atoms with E-state index in [-0.39, 0.29) is 12.3 Å². The predicted molar refractivity (Wildman–Crippen MR) is 120 cm³/mol. The van der Waals surface area contributed by atoms with Crippen LogP contribution in [0, 0.1) is 0 Å². The Bertz CT molecular complexity index is 1190. The van der Waals surface area contributed by atoms with Crippen LogP contribution in [0.15, 0.2) is 42.6 Å². The summed E-state index contributed by atoms with van der Waals surface area (Å²) in [6.07, 6.45) is 2.13. The van der Waals surface area contributed by atoms with Gasteiger partial charge in [0.25, 0.3) is 0 Å². The largest absolute Gasteiger partial charge is 0.369 e. The Morgan fingerprint density at radius 3 is 2.93 bits per heavy atom. The molecule has 5 rings (SSSR count). The number of carbonyl (C=O) groups is 1. The lowest BCUT2D eigenvalue weighted by molar-refractivity contribution is -0.115. The zero-order valence-corrected chi connectivity index (χ0v) is 17.2. The van der Waals surface area contributed by atoms with E-state index in [0.29, 0.717) is 10.2 Å². The normalized spacial score (nSPS) is 14.6. The standard InChI is InChI=1S/C21H20ClN5OS/c22-14-1-3-17-16(10-14)13(12-24-17)9-20(28)26-21-25-18-4-2-15(11-19(18)29-21)27-7-5-23-6-8-27/h1-4,10-12,23-24H,5-9H2,(H,25,26,28). The van der Waals surface area contributed by atoms with Crippen molar-refractivity contribution >= 4 is 60.8 Å². The van der Waals surface area contributed by atoms with Crippen molar-refractivity contribution in [3.8, 4) is 0 Å². The van der Waals surface area contributed by atoms with Gasteiger partial charge in [0.2, 0.25) is 5.91 Å². The van der Waals surface area contributed by atoms with Crippen LogP contribution in [0.3, 0.4) is 0 Å². The molecule has 3 N–H and O–H groups in total. The lowest BCUT2D eigenvalue weighted by atomic mass is 10.1. The zero-order valence-electron chi connectivity index (χ0n) is 15.7. The number of benzene rings is 2. The number of fused-ring (bicyclic) bond motifs is 2. The number of piperazine rings is 1. The Kier molecular flexibility index (Phi) is 4.87. The maximum atomic E-state index is 12.6. The molecule has 8 heteroatoms. The summed E-state index contributed by atoms with van der Waals surface area (Å²) in [4.78, 5) is 22.7. The zero-order chi connectivity index (χ0) is 19.8. The molecule has 0 unspecified atom stereocenters. The smallest absolute Gasteiger partial charge is 0.230 e. The van der Waals surface area contributed by atoms with Gasteiger partial charge in [0.05, 0.1) is 16.6 Å². The van der Waals surface area contributed by atoms with Gasteiger partial charge in [0.15, 0.2) is 5.13 Å². The van der Waals surface area contributed by atoms with Gasteiger partial charge in [-0.1, -0.05) is 22.9 Å². The molecule has 3 heterocycles. The minimum Gasteiger partial charge on any atom is -0.369 e. The minimum atomic E-state index is -0.0905. The number of aromatic amines is 1. The Hall–Kier alpha value is -2.61. The van der Waals surface area contributed by atoms with Gasteiger partial charge >= 0.3 is 0 Å². The SMILES string of the molecule is O=C(Cc1c[nH]c2ccc(Cl)cc12)Nc1nc2ccc(N3CCNCC3)cc2s1. The van der Waals surface area contributed by atoms with Gasteiger partial charge in [-0.3, -0.25) is 4.79 Å². The number of halogens is 1. The Morgan fingerprint density at radius 1 is 1.21 bits per heavy atom. The van der Waals surface area contributed by atoms with Crippen LogP contribution in [0.2, 0.25) is 5.02 Å². The Labute approximate surface area is 176 Å². The van der Waals surface area contributed by atoms with Crippen LogP contribution in [-0.4, -0.2) is 42.1 Å². The molecule has 1 amide bonds. The summed E-state index contributed by atoms with van der Waals surface area (Å²) < 4.78 is 1.08. The van der Waals surface area contributed by atoms with E-state index in [2.05, 4.69) is 37.6 Å². The number of anilines is 2. The highest BCUT2D eigenvalue weighted by molar-refractivity contribution is 7.22. The number of hydrogen-bond acceptors (Lipinski definition) is 5. The molecule has 1 aliphatic rings. The van der Waals surface area contributed by atoms with Crippen LogP contribution in [-0.2, 0) is 11.2 Å². The Balaban J connectivity index is 1.32. The molecule has 1 saturated heterocycles. The number of aromatic nitrogens is 2. The van der Waals surface area contributed by atoms with Crippen LogP contribution in [0.5, 0.6) is 0 Å². The van der Waals surface area contributed by atoms with Crippen LogP contribution in [0.25, 0.3) is 21.1 Å². The molecule has 0 atom stereocenters. The number of H-pyrrole nitrogens is 1. The van der Waals surface area contributed by atoms with Crippen LogP contribution < -0.4 is 15.5 Å². The molecular weight excluding hydrogens is 406 g/mol. The van der Waals surface area contributed by atoms with Gasteiger partial charge in [-0.05, 0) is 42.0 Å². The van der Waals surface area contributed by atoms with Crippen LogP contribution in [0.1, 0.15) is 5.56 Å². The molecular formula is C21H20ClN5OS. The molecule has 0 aliphatic carbocycles. The van der Waals surface area contributed by atoms with E-state index < -0.39 is 0 Å². The van der Waals surface area contributed by atoms with Crippen molar-refractivity contribution in [3.05, 3.63) is 53.2 Å². The first-order valence-electron chi connectivity index (χ1n) is 9.57. The van der Waals surface area contributed by atoms with Gasteiger partial charge in [-0.2, -0.15) is 0 Å². The summed E-state index contributed by atoms with van der Waals surface area (Å²) in [6, 6.07) is 11.9. The Morgan fingerprint density at radius 2 is 2.07 bits per heavy atom.